The third-order valence-electron chi connectivity index (χ3n) is 4.63. The van der Waals surface area contributed by atoms with Gasteiger partial charge in [-0.1, -0.05) is 32.0 Å². The first-order chi connectivity index (χ1) is 15.5. The summed E-state index contributed by atoms with van der Waals surface area (Å²) in [5.41, 5.74) is 2.66. The molecule has 0 aliphatic carbocycles. The number of rotatable bonds is 11. The van der Waals surface area contributed by atoms with Crippen LogP contribution in [-0.2, 0) is 11.2 Å². The molecule has 1 heterocycles. The summed E-state index contributed by atoms with van der Waals surface area (Å²) in [7, 11) is 0. The van der Waals surface area contributed by atoms with Crippen molar-refractivity contribution in [3.8, 4) is 11.5 Å². The van der Waals surface area contributed by atoms with Crippen molar-refractivity contribution < 1.29 is 19.0 Å². The van der Waals surface area contributed by atoms with Crippen molar-refractivity contribution in [2.75, 3.05) is 31.7 Å². The Balaban J connectivity index is 1.77. The number of hydrogen-bond donors (Lipinski definition) is 1. The SMILES string of the molecule is CCOc1ccc(CCNc2nc3ccccc3nc2C(=O)OCC(C)C)cc1OCC. The molecule has 2 aromatic carbocycles. The molecule has 0 unspecified atom stereocenters. The Bertz CT molecular complexity index is 1050. The second-order valence-corrected chi connectivity index (χ2v) is 7.73. The molecule has 3 aromatic rings. The first-order valence-corrected chi connectivity index (χ1v) is 11.1. The average Bonchev–Trinajstić information content (AvgIpc) is 2.79. The largest absolute Gasteiger partial charge is 0.490 e. The highest BCUT2D eigenvalue weighted by Crippen LogP contribution is 2.29. The maximum atomic E-state index is 12.7. The van der Waals surface area contributed by atoms with Gasteiger partial charge in [0.05, 0.1) is 30.9 Å². The molecular formula is C25H31N3O4. The fourth-order valence-electron chi connectivity index (χ4n) is 3.15. The molecular weight excluding hydrogens is 406 g/mol. The fourth-order valence-corrected chi connectivity index (χ4v) is 3.15. The topological polar surface area (TPSA) is 82.6 Å². The lowest BCUT2D eigenvalue weighted by Crippen LogP contribution is -2.17. The maximum Gasteiger partial charge on any atom is 0.360 e. The van der Waals surface area contributed by atoms with Crippen LogP contribution >= 0.6 is 0 Å². The smallest absolute Gasteiger partial charge is 0.360 e. The van der Waals surface area contributed by atoms with Gasteiger partial charge in [0.1, 0.15) is 0 Å². The molecule has 0 bridgehead atoms. The molecule has 1 N–H and O–H groups in total. The van der Waals surface area contributed by atoms with E-state index in [9.17, 15) is 4.79 Å². The van der Waals surface area contributed by atoms with E-state index >= 15 is 0 Å². The lowest BCUT2D eigenvalue weighted by Gasteiger charge is -2.14. The molecule has 0 saturated heterocycles. The minimum atomic E-state index is -0.473. The summed E-state index contributed by atoms with van der Waals surface area (Å²) in [6.45, 7) is 9.92. The summed E-state index contributed by atoms with van der Waals surface area (Å²) in [5, 5.41) is 3.27. The quantitative estimate of drug-likeness (QED) is 0.428. The van der Waals surface area contributed by atoms with E-state index in [-0.39, 0.29) is 11.6 Å². The number of carbonyl (C=O) groups excluding carboxylic acids is 1. The van der Waals surface area contributed by atoms with Gasteiger partial charge in [-0.2, -0.15) is 0 Å². The highest BCUT2D eigenvalue weighted by Gasteiger charge is 2.18. The highest BCUT2D eigenvalue weighted by molar-refractivity contribution is 5.95. The predicted octanol–water partition coefficient (Wildman–Crippen LogP) is 4.89. The first-order valence-electron chi connectivity index (χ1n) is 11.1. The number of hydrogen-bond acceptors (Lipinski definition) is 7. The molecule has 0 aliphatic rings. The van der Waals surface area contributed by atoms with Crippen LogP contribution in [-0.4, -0.2) is 42.3 Å². The minimum absolute atomic E-state index is 0.200. The third-order valence-corrected chi connectivity index (χ3v) is 4.63. The van der Waals surface area contributed by atoms with Crippen LogP contribution in [0.4, 0.5) is 5.82 Å². The van der Waals surface area contributed by atoms with Crippen molar-refractivity contribution in [2.24, 2.45) is 5.92 Å². The lowest BCUT2D eigenvalue weighted by molar-refractivity contribution is 0.0453. The zero-order chi connectivity index (χ0) is 22.9. The average molecular weight is 438 g/mol. The number of aromatic nitrogens is 2. The van der Waals surface area contributed by atoms with Gasteiger partial charge >= 0.3 is 5.97 Å². The Labute approximate surface area is 189 Å². The van der Waals surface area contributed by atoms with Gasteiger partial charge in [0, 0.05) is 6.54 Å². The van der Waals surface area contributed by atoms with Crippen molar-refractivity contribution in [1.82, 2.24) is 9.97 Å². The van der Waals surface area contributed by atoms with Gasteiger partial charge in [-0.15, -0.1) is 0 Å². The molecule has 0 atom stereocenters. The number of fused-ring (bicyclic) bond motifs is 1. The van der Waals surface area contributed by atoms with Gasteiger partial charge in [0.15, 0.2) is 23.0 Å². The number of benzene rings is 2. The zero-order valence-corrected chi connectivity index (χ0v) is 19.2. The molecule has 0 saturated carbocycles. The van der Waals surface area contributed by atoms with E-state index in [1.54, 1.807) is 0 Å². The van der Waals surface area contributed by atoms with Gasteiger partial charge < -0.3 is 19.5 Å². The summed E-state index contributed by atoms with van der Waals surface area (Å²) in [4.78, 5) is 21.8. The van der Waals surface area contributed by atoms with E-state index in [1.807, 2.05) is 70.2 Å². The minimum Gasteiger partial charge on any atom is -0.490 e. The van der Waals surface area contributed by atoms with E-state index in [4.69, 9.17) is 14.2 Å². The number of anilines is 1. The van der Waals surface area contributed by atoms with Crippen molar-refractivity contribution in [3.05, 3.63) is 53.7 Å². The van der Waals surface area contributed by atoms with E-state index in [0.717, 1.165) is 22.6 Å². The molecule has 32 heavy (non-hydrogen) atoms. The number of nitrogens with one attached hydrogen (secondary N) is 1. The number of nitrogens with zero attached hydrogens (tertiary/aromatic N) is 2. The summed E-state index contributed by atoms with van der Waals surface area (Å²) in [6, 6.07) is 13.4. The van der Waals surface area contributed by atoms with Crippen molar-refractivity contribution in [2.45, 2.75) is 34.1 Å². The van der Waals surface area contributed by atoms with Gasteiger partial charge in [-0.25, -0.2) is 14.8 Å². The summed E-state index contributed by atoms with van der Waals surface area (Å²) < 4.78 is 16.8. The molecule has 0 radical (unpaired) electrons. The normalized spacial score (nSPS) is 10.9. The van der Waals surface area contributed by atoms with Crippen LogP contribution in [0.5, 0.6) is 11.5 Å². The van der Waals surface area contributed by atoms with Gasteiger partial charge in [-0.05, 0) is 56.0 Å². The molecule has 7 nitrogen and oxygen atoms in total. The number of esters is 1. The molecule has 170 valence electrons. The summed E-state index contributed by atoms with van der Waals surface area (Å²) in [5.74, 6) is 1.66. The standard InChI is InChI=1S/C25H31N3O4/c1-5-30-21-12-11-18(15-22(21)31-6-2)13-14-26-24-23(25(29)32-16-17(3)4)27-19-9-7-8-10-20(19)28-24/h7-12,15,17H,5-6,13-14,16H2,1-4H3,(H,26,28). The molecule has 0 fully saturated rings. The Morgan fingerprint density at radius 3 is 2.34 bits per heavy atom. The van der Waals surface area contributed by atoms with E-state index < -0.39 is 5.97 Å². The molecule has 0 aliphatic heterocycles. The van der Waals surface area contributed by atoms with Crippen molar-refractivity contribution in [1.29, 1.82) is 0 Å². The van der Waals surface area contributed by atoms with Gasteiger partial charge in [0.25, 0.3) is 0 Å². The van der Waals surface area contributed by atoms with E-state index in [2.05, 4.69) is 15.3 Å². The Morgan fingerprint density at radius 2 is 1.66 bits per heavy atom. The van der Waals surface area contributed by atoms with Crippen molar-refractivity contribution in [3.63, 3.8) is 0 Å². The molecule has 0 amide bonds. The second-order valence-electron chi connectivity index (χ2n) is 7.73. The molecule has 0 spiro atoms. The summed E-state index contributed by atoms with van der Waals surface area (Å²) in [6.07, 6.45) is 0.710. The van der Waals surface area contributed by atoms with Crippen LogP contribution in [0, 0.1) is 5.92 Å². The van der Waals surface area contributed by atoms with Crippen LogP contribution in [0.1, 0.15) is 43.7 Å². The number of carbonyl (C=O) groups is 1. The van der Waals surface area contributed by atoms with Crippen LogP contribution in [0.3, 0.4) is 0 Å². The van der Waals surface area contributed by atoms with Gasteiger partial charge in [0.2, 0.25) is 0 Å². The Hall–Kier alpha value is -3.35. The molecule has 3 rings (SSSR count). The van der Waals surface area contributed by atoms with Crippen LogP contribution < -0.4 is 14.8 Å². The first kappa shape index (κ1) is 23.3. The third kappa shape index (κ3) is 6.09. The Morgan fingerprint density at radius 1 is 0.969 bits per heavy atom. The van der Waals surface area contributed by atoms with Crippen LogP contribution in [0.15, 0.2) is 42.5 Å². The molecule has 7 heteroatoms. The summed E-state index contributed by atoms with van der Waals surface area (Å²) >= 11 is 0. The number of ether oxygens (including phenoxy) is 3. The highest BCUT2D eigenvalue weighted by atomic mass is 16.5. The second kappa shape index (κ2) is 11.3. The fraction of sp³-hybridized carbons (Fsp3) is 0.400. The van der Waals surface area contributed by atoms with Crippen molar-refractivity contribution >= 4 is 22.8 Å². The van der Waals surface area contributed by atoms with E-state index in [0.29, 0.717) is 44.1 Å². The number of para-hydroxylation sites is 2. The predicted molar refractivity (Wildman–Crippen MR) is 126 cm³/mol. The monoisotopic (exact) mass is 437 g/mol. The maximum absolute atomic E-state index is 12.7. The Kier molecular flexibility index (Phi) is 8.25. The van der Waals surface area contributed by atoms with E-state index in [1.165, 1.54) is 0 Å². The zero-order valence-electron chi connectivity index (χ0n) is 19.2. The molecule has 1 aromatic heterocycles. The van der Waals surface area contributed by atoms with Crippen LogP contribution in [0.2, 0.25) is 0 Å². The van der Waals surface area contributed by atoms with Gasteiger partial charge in [-0.3, -0.25) is 0 Å². The van der Waals surface area contributed by atoms with Crippen LogP contribution in [0.25, 0.3) is 11.0 Å². The lowest BCUT2D eigenvalue weighted by atomic mass is 10.1.